The zero-order chi connectivity index (χ0) is 18.0. The molecule has 2 saturated heterocycles. The summed E-state index contributed by atoms with van der Waals surface area (Å²) in [4.78, 5) is 18.5. The van der Waals surface area contributed by atoms with Crippen molar-refractivity contribution in [2.45, 2.75) is 25.8 Å². The Labute approximate surface area is 154 Å². The molecule has 2 fully saturated rings. The topological polar surface area (TPSA) is 56.7 Å². The van der Waals surface area contributed by atoms with Crippen molar-refractivity contribution < 1.29 is 4.79 Å². The summed E-state index contributed by atoms with van der Waals surface area (Å²) in [6.07, 6.45) is 2.86. The standard InChI is InChI=1S/C21H26N4O/c1-22-20(25-11-5-10-21(15-25)12-19(26)24-14-21)23-13-17-8-4-7-16-6-2-3-9-18(16)17/h2-4,6-9H,5,10-15H2,1H3,(H,22,23)(H,24,26). The van der Waals surface area contributed by atoms with Crippen LogP contribution in [0.15, 0.2) is 47.5 Å². The number of piperidine rings is 1. The van der Waals surface area contributed by atoms with Gasteiger partial charge in [0.15, 0.2) is 5.96 Å². The number of fused-ring (bicyclic) bond motifs is 1. The third kappa shape index (κ3) is 3.26. The Morgan fingerprint density at radius 3 is 2.92 bits per heavy atom. The molecule has 0 radical (unpaired) electrons. The number of carbonyl (C=O) groups excluding carboxylic acids is 1. The highest BCUT2D eigenvalue weighted by Crippen LogP contribution is 2.36. The highest BCUT2D eigenvalue weighted by Gasteiger charge is 2.42. The molecule has 2 heterocycles. The monoisotopic (exact) mass is 350 g/mol. The molecule has 0 saturated carbocycles. The van der Waals surface area contributed by atoms with Crippen LogP contribution in [0.25, 0.3) is 10.8 Å². The largest absolute Gasteiger partial charge is 0.355 e. The van der Waals surface area contributed by atoms with Gasteiger partial charge in [0.1, 0.15) is 0 Å². The van der Waals surface area contributed by atoms with E-state index in [4.69, 9.17) is 0 Å². The fourth-order valence-corrected chi connectivity index (χ4v) is 4.38. The number of benzene rings is 2. The van der Waals surface area contributed by atoms with Gasteiger partial charge in [0.25, 0.3) is 0 Å². The van der Waals surface area contributed by atoms with Gasteiger partial charge in [-0.2, -0.15) is 0 Å². The minimum Gasteiger partial charge on any atom is -0.355 e. The lowest BCUT2D eigenvalue weighted by Crippen LogP contribution is -2.51. The summed E-state index contributed by atoms with van der Waals surface area (Å²) >= 11 is 0. The number of guanidine groups is 1. The van der Waals surface area contributed by atoms with Gasteiger partial charge in [-0.25, -0.2) is 0 Å². The highest BCUT2D eigenvalue weighted by molar-refractivity contribution is 5.86. The van der Waals surface area contributed by atoms with Gasteiger partial charge in [-0.1, -0.05) is 42.5 Å². The molecule has 0 bridgehead atoms. The van der Waals surface area contributed by atoms with Crippen LogP contribution in [0, 0.1) is 5.41 Å². The first-order valence-electron chi connectivity index (χ1n) is 9.38. The van der Waals surface area contributed by atoms with E-state index in [9.17, 15) is 4.79 Å². The van der Waals surface area contributed by atoms with Gasteiger partial charge in [0.2, 0.25) is 5.91 Å². The molecule has 1 spiro atoms. The van der Waals surface area contributed by atoms with Crippen LogP contribution in [0.2, 0.25) is 0 Å². The molecule has 26 heavy (non-hydrogen) atoms. The number of hydrogen-bond acceptors (Lipinski definition) is 2. The SMILES string of the molecule is CN=C(NCc1cccc2ccccc12)N1CCCC2(CNC(=O)C2)C1. The Morgan fingerprint density at radius 2 is 2.12 bits per heavy atom. The first kappa shape index (κ1) is 16.9. The first-order valence-corrected chi connectivity index (χ1v) is 9.38. The average Bonchev–Trinajstić information content (AvgIpc) is 3.02. The normalized spacial score (nSPS) is 23.5. The van der Waals surface area contributed by atoms with Crippen molar-refractivity contribution in [3.63, 3.8) is 0 Å². The van der Waals surface area contributed by atoms with Crippen molar-refractivity contribution in [2.75, 3.05) is 26.7 Å². The molecule has 0 aliphatic carbocycles. The maximum absolute atomic E-state index is 11.7. The van der Waals surface area contributed by atoms with Crippen molar-refractivity contribution in [1.29, 1.82) is 0 Å². The zero-order valence-corrected chi connectivity index (χ0v) is 15.3. The van der Waals surface area contributed by atoms with Gasteiger partial charge in [-0.3, -0.25) is 9.79 Å². The maximum atomic E-state index is 11.7. The van der Waals surface area contributed by atoms with E-state index in [-0.39, 0.29) is 11.3 Å². The number of nitrogens with zero attached hydrogens (tertiary/aromatic N) is 2. The second-order valence-corrected chi connectivity index (χ2v) is 7.52. The number of likely N-dealkylation sites (tertiary alicyclic amines) is 1. The highest BCUT2D eigenvalue weighted by atomic mass is 16.1. The zero-order valence-electron chi connectivity index (χ0n) is 15.3. The Bertz CT molecular complexity index is 842. The summed E-state index contributed by atoms with van der Waals surface area (Å²) < 4.78 is 0. The van der Waals surface area contributed by atoms with E-state index < -0.39 is 0 Å². The number of carbonyl (C=O) groups is 1. The van der Waals surface area contributed by atoms with E-state index in [1.807, 2.05) is 7.05 Å². The number of rotatable bonds is 2. The molecular formula is C21H26N4O. The van der Waals surface area contributed by atoms with Crippen molar-refractivity contribution >= 4 is 22.6 Å². The van der Waals surface area contributed by atoms with E-state index >= 15 is 0 Å². The van der Waals surface area contributed by atoms with Gasteiger partial charge in [-0.05, 0) is 29.2 Å². The van der Waals surface area contributed by atoms with Crippen LogP contribution in [0.4, 0.5) is 0 Å². The van der Waals surface area contributed by atoms with Crippen LogP contribution >= 0.6 is 0 Å². The summed E-state index contributed by atoms with van der Waals surface area (Å²) in [5, 5.41) is 9.08. The molecular weight excluding hydrogens is 324 g/mol. The smallest absolute Gasteiger partial charge is 0.220 e. The molecule has 2 aromatic rings. The minimum atomic E-state index is 0.0758. The molecule has 5 heteroatoms. The number of hydrogen-bond donors (Lipinski definition) is 2. The number of aliphatic imine (C=N–C) groups is 1. The fraction of sp³-hybridized carbons (Fsp3) is 0.429. The van der Waals surface area contributed by atoms with E-state index in [1.165, 1.54) is 16.3 Å². The molecule has 1 unspecified atom stereocenters. The predicted octanol–water partition coefficient (Wildman–Crippen LogP) is 2.52. The molecule has 136 valence electrons. The van der Waals surface area contributed by atoms with E-state index in [0.717, 1.165) is 45.0 Å². The predicted molar refractivity (Wildman–Crippen MR) is 105 cm³/mol. The van der Waals surface area contributed by atoms with Gasteiger partial charge in [0, 0.05) is 45.1 Å². The van der Waals surface area contributed by atoms with Crippen LogP contribution in [0.3, 0.4) is 0 Å². The molecule has 2 aliphatic rings. The van der Waals surface area contributed by atoms with Crippen molar-refractivity contribution in [1.82, 2.24) is 15.5 Å². The van der Waals surface area contributed by atoms with Crippen LogP contribution in [0.5, 0.6) is 0 Å². The maximum Gasteiger partial charge on any atom is 0.220 e. The number of amides is 1. The summed E-state index contributed by atoms with van der Waals surface area (Å²) in [7, 11) is 1.84. The van der Waals surface area contributed by atoms with Crippen molar-refractivity contribution in [2.24, 2.45) is 10.4 Å². The van der Waals surface area contributed by atoms with E-state index in [0.29, 0.717) is 6.42 Å². The summed E-state index contributed by atoms with van der Waals surface area (Å²) in [6.45, 7) is 3.42. The second kappa shape index (κ2) is 6.98. The van der Waals surface area contributed by atoms with Crippen LogP contribution in [-0.2, 0) is 11.3 Å². The van der Waals surface area contributed by atoms with Crippen LogP contribution in [0.1, 0.15) is 24.8 Å². The van der Waals surface area contributed by atoms with Gasteiger partial charge >= 0.3 is 0 Å². The average molecular weight is 350 g/mol. The third-order valence-corrected chi connectivity index (χ3v) is 5.69. The molecule has 1 amide bonds. The molecule has 2 aliphatic heterocycles. The lowest BCUT2D eigenvalue weighted by Gasteiger charge is -2.40. The van der Waals surface area contributed by atoms with Crippen LogP contribution < -0.4 is 10.6 Å². The Hall–Kier alpha value is -2.56. The van der Waals surface area contributed by atoms with Gasteiger partial charge in [-0.15, -0.1) is 0 Å². The fourth-order valence-electron chi connectivity index (χ4n) is 4.38. The van der Waals surface area contributed by atoms with Gasteiger partial charge < -0.3 is 15.5 Å². The molecule has 4 rings (SSSR count). The molecule has 2 aromatic carbocycles. The Morgan fingerprint density at radius 1 is 1.27 bits per heavy atom. The minimum absolute atomic E-state index is 0.0758. The molecule has 0 aromatic heterocycles. The van der Waals surface area contributed by atoms with Crippen molar-refractivity contribution in [3.05, 3.63) is 48.0 Å². The summed E-state index contributed by atoms with van der Waals surface area (Å²) in [5.41, 5.74) is 1.35. The van der Waals surface area contributed by atoms with E-state index in [2.05, 4.69) is 63.0 Å². The quantitative estimate of drug-likeness (QED) is 0.646. The lowest BCUT2D eigenvalue weighted by atomic mass is 9.79. The van der Waals surface area contributed by atoms with Crippen molar-refractivity contribution in [3.8, 4) is 0 Å². The third-order valence-electron chi connectivity index (χ3n) is 5.69. The van der Waals surface area contributed by atoms with E-state index in [1.54, 1.807) is 0 Å². The number of nitrogens with one attached hydrogen (secondary N) is 2. The second-order valence-electron chi connectivity index (χ2n) is 7.52. The molecule has 5 nitrogen and oxygen atoms in total. The molecule has 1 atom stereocenters. The lowest BCUT2D eigenvalue weighted by molar-refractivity contribution is -0.119. The Kier molecular flexibility index (Phi) is 4.53. The summed E-state index contributed by atoms with van der Waals surface area (Å²) in [6, 6.07) is 14.9. The Balaban J connectivity index is 1.47. The molecule has 2 N–H and O–H groups in total. The summed E-state index contributed by atoms with van der Waals surface area (Å²) in [5.74, 6) is 1.11. The van der Waals surface area contributed by atoms with Gasteiger partial charge in [0.05, 0.1) is 0 Å². The van der Waals surface area contributed by atoms with Crippen LogP contribution in [-0.4, -0.2) is 43.4 Å². The first-order chi connectivity index (χ1) is 12.7.